The van der Waals surface area contributed by atoms with Crippen LogP contribution in [0.2, 0.25) is 0 Å². The molecule has 0 aromatic carbocycles. The molecule has 2 rings (SSSR count). The topological polar surface area (TPSA) is 57.9 Å². The van der Waals surface area contributed by atoms with Crippen LogP contribution in [0.3, 0.4) is 0 Å². The van der Waals surface area contributed by atoms with E-state index in [4.69, 9.17) is 5.73 Å². The zero-order chi connectivity index (χ0) is 9.10. The summed E-state index contributed by atoms with van der Waals surface area (Å²) in [6.45, 7) is 2.84. The van der Waals surface area contributed by atoms with E-state index in [9.17, 15) is 0 Å². The lowest BCUT2D eigenvalue weighted by Gasteiger charge is -2.28. The molecule has 1 aliphatic heterocycles. The number of nitrogens with one attached hydrogen (secondary N) is 1. The highest BCUT2D eigenvalue weighted by molar-refractivity contribution is 5.49. The van der Waals surface area contributed by atoms with Gasteiger partial charge < -0.3 is 10.6 Å². The van der Waals surface area contributed by atoms with Crippen LogP contribution in [-0.2, 0) is 6.54 Å². The van der Waals surface area contributed by atoms with Gasteiger partial charge in [0.1, 0.15) is 0 Å². The zero-order valence-corrected chi connectivity index (χ0v) is 7.79. The van der Waals surface area contributed by atoms with E-state index in [0.717, 1.165) is 18.8 Å². The summed E-state index contributed by atoms with van der Waals surface area (Å²) in [5.41, 5.74) is 7.86. The second-order valence-corrected chi connectivity index (χ2v) is 3.49. The highest BCUT2D eigenvalue weighted by Gasteiger charge is 2.14. The van der Waals surface area contributed by atoms with Crippen LogP contribution in [0, 0.1) is 0 Å². The molecule has 0 unspecified atom stereocenters. The van der Waals surface area contributed by atoms with Crippen LogP contribution in [0.1, 0.15) is 25.0 Å². The van der Waals surface area contributed by atoms with Crippen LogP contribution in [0.5, 0.6) is 0 Å². The molecule has 1 fully saturated rings. The molecular weight excluding hydrogens is 164 g/mol. The number of anilines is 1. The molecule has 0 bridgehead atoms. The number of nitrogens with two attached hydrogens (primary N) is 1. The number of H-pyrrole nitrogens is 1. The second-order valence-electron chi connectivity index (χ2n) is 3.49. The molecule has 1 aromatic rings. The number of aromatic amines is 1. The summed E-state index contributed by atoms with van der Waals surface area (Å²) in [6.07, 6.45) is 5.81. The molecule has 0 saturated carbocycles. The Labute approximate surface area is 78.1 Å². The minimum atomic E-state index is 0.547. The predicted octanol–water partition coefficient (Wildman–Crippen LogP) is 0.859. The van der Waals surface area contributed by atoms with Crippen molar-refractivity contribution in [2.24, 2.45) is 5.73 Å². The van der Waals surface area contributed by atoms with Gasteiger partial charge in [-0.15, -0.1) is 0 Å². The number of hydrogen-bond acceptors (Lipinski definition) is 3. The maximum atomic E-state index is 5.60. The first-order valence-electron chi connectivity index (χ1n) is 4.89. The summed E-state index contributed by atoms with van der Waals surface area (Å²) < 4.78 is 0. The quantitative estimate of drug-likeness (QED) is 0.709. The molecule has 0 atom stereocenters. The molecule has 72 valence electrons. The van der Waals surface area contributed by atoms with Gasteiger partial charge >= 0.3 is 0 Å². The molecule has 13 heavy (non-hydrogen) atoms. The van der Waals surface area contributed by atoms with Crippen LogP contribution in [-0.4, -0.2) is 23.3 Å². The third-order valence-electron chi connectivity index (χ3n) is 2.60. The molecule has 4 nitrogen and oxygen atoms in total. The Kier molecular flexibility index (Phi) is 2.49. The van der Waals surface area contributed by atoms with E-state index in [0.29, 0.717) is 6.54 Å². The molecule has 1 aromatic heterocycles. The Morgan fingerprint density at radius 2 is 2.15 bits per heavy atom. The molecule has 4 heteroatoms. The van der Waals surface area contributed by atoms with Gasteiger partial charge in [-0.2, -0.15) is 5.10 Å². The number of piperidine rings is 1. The number of hydrogen-bond donors (Lipinski definition) is 2. The van der Waals surface area contributed by atoms with Crippen molar-refractivity contribution in [3.05, 3.63) is 11.9 Å². The predicted molar refractivity (Wildman–Crippen MR) is 52.5 cm³/mol. The molecule has 1 aliphatic rings. The van der Waals surface area contributed by atoms with Gasteiger partial charge in [0.25, 0.3) is 0 Å². The van der Waals surface area contributed by atoms with Gasteiger partial charge in [-0.1, -0.05) is 0 Å². The molecule has 3 N–H and O–H groups in total. The lowest BCUT2D eigenvalue weighted by Crippen LogP contribution is -2.30. The van der Waals surface area contributed by atoms with E-state index in [1.54, 1.807) is 0 Å². The van der Waals surface area contributed by atoms with Crippen molar-refractivity contribution >= 4 is 5.69 Å². The fourth-order valence-electron chi connectivity index (χ4n) is 1.86. The summed E-state index contributed by atoms with van der Waals surface area (Å²) in [5.74, 6) is 0. The summed E-state index contributed by atoms with van der Waals surface area (Å²) in [5, 5.41) is 6.96. The van der Waals surface area contributed by atoms with Crippen molar-refractivity contribution in [3.8, 4) is 0 Å². The molecule has 0 amide bonds. The lowest BCUT2D eigenvalue weighted by molar-refractivity contribution is 0.576. The van der Waals surface area contributed by atoms with Gasteiger partial charge in [-0.05, 0) is 19.3 Å². The Bertz CT molecular complexity index is 262. The maximum absolute atomic E-state index is 5.60. The van der Waals surface area contributed by atoms with Crippen LogP contribution in [0.25, 0.3) is 0 Å². The fraction of sp³-hybridized carbons (Fsp3) is 0.667. The first-order valence-corrected chi connectivity index (χ1v) is 4.89. The van der Waals surface area contributed by atoms with E-state index < -0.39 is 0 Å². The van der Waals surface area contributed by atoms with Crippen LogP contribution >= 0.6 is 0 Å². The monoisotopic (exact) mass is 180 g/mol. The van der Waals surface area contributed by atoms with E-state index in [1.807, 2.05) is 6.20 Å². The second kappa shape index (κ2) is 3.79. The minimum Gasteiger partial charge on any atom is -0.369 e. The molecule has 0 aliphatic carbocycles. The van der Waals surface area contributed by atoms with E-state index in [1.165, 1.54) is 24.9 Å². The van der Waals surface area contributed by atoms with Gasteiger partial charge in [-0.3, -0.25) is 5.10 Å². The third kappa shape index (κ3) is 1.67. The summed E-state index contributed by atoms with van der Waals surface area (Å²) in [4.78, 5) is 2.37. The van der Waals surface area contributed by atoms with Crippen molar-refractivity contribution in [1.82, 2.24) is 10.2 Å². The Morgan fingerprint density at radius 1 is 1.38 bits per heavy atom. The standard InChI is InChI=1S/C9H16N4/c10-6-8-9(7-11-12-8)13-4-2-1-3-5-13/h7H,1-6,10H2,(H,11,12). The Morgan fingerprint density at radius 3 is 2.85 bits per heavy atom. The summed E-state index contributed by atoms with van der Waals surface area (Å²) >= 11 is 0. The van der Waals surface area contributed by atoms with E-state index in [-0.39, 0.29) is 0 Å². The average Bonchev–Trinajstić information content (AvgIpc) is 2.67. The molecular formula is C9H16N4. The lowest BCUT2D eigenvalue weighted by atomic mass is 10.1. The van der Waals surface area contributed by atoms with Gasteiger partial charge in [-0.25, -0.2) is 0 Å². The highest BCUT2D eigenvalue weighted by atomic mass is 15.2. The minimum absolute atomic E-state index is 0.547. The average molecular weight is 180 g/mol. The number of rotatable bonds is 2. The smallest absolute Gasteiger partial charge is 0.0795 e. The van der Waals surface area contributed by atoms with Crippen molar-refractivity contribution in [2.75, 3.05) is 18.0 Å². The van der Waals surface area contributed by atoms with Crippen molar-refractivity contribution < 1.29 is 0 Å². The van der Waals surface area contributed by atoms with Gasteiger partial charge in [0.15, 0.2) is 0 Å². The molecule has 2 heterocycles. The maximum Gasteiger partial charge on any atom is 0.0795 e. The largest absolute Gasteiger partial charge is 0.369 e. The summed E-state index contributed by atoms with van der Waals surface area (Å²) in [7, 11) is 0. The van der Waals surface area contributed by atoms with Gasteiger partial charge in [0.2, 0.25) is 0 Å². The van der Waals surface area contributed by atoms with Crippen LogP contribution < -0.4 is 10.6 Å². The van der Waals surface area contributed by atoms with Gasteiger partial charge in [0, 0.05) is 19.6 Å². The fourth-order valence-corrected chi connectivity index (χ4v) is 1.86. The van der Waals surface area contributed by atoms with Crippen LogP contribution in [0.15, 0.2) is 6.20 Å². The molecule has 0 radical (unpaired) electrons. The van der Waals surface area contributed by atoms with E-state index >= 15 is 0 Å². The first kappa shape index (κ1) is 8.56. The van der Waals surface area contributed by atoms with Crippen molar-refractivity contribution in [1.29, 1.82) is 0 Å². The normalized spacial score (nSPS) is 17.8. The van der Waals surface area contributed by atoms with E-state index in [2.05, 4.69) is 15.1 Å². The number of nitrogens with zero attached hydrogens (tertiary/aromatic N) is 2. The van der Waals surface area contributed by atoms with Crippen molar-refractivity contribution in [3.63, 3.8) is 0 Å². The van der Waals surface area contributed by atoms with Crippen LogP contribution in [0.4, 0.5) is 5.69 Å². The third-order valence-corrected chi connectivity index (χ3v) is 2.60. The molecule has 0 spiro atoms. The first-order chi connectivity index (χ1) is 6.42. The highest BCUT2D eigenvalue weighted by Crippen LogP contribution is 2.21. The SMILES string of the molecule is NCc1[nH]ncc1N1CCCCC1. The molecule has 1 saturated heterocycles. The van der Waals surface area contributed by atoms with Gasteiger partial charge in [0.05, 0.1) is 17.6 Å². The number of aromatic nitrogens is 2. The Balaban J connectivity index is 2.13. The van der Waals surface area contributed by atoms with Crippen molar-refractivity contribution in [2.45, 2.75) is 25.8 Å². The zero-order valence-electron chi connectivity index (χ0n) is 7.79. The summed E-state index contributed by atoms with van der Waals surface area (Å²) in [6, 6.07) is 0. The Hall–Kier alpha value is -1.03.